The Labute approximate surface area is 200 Å². The SMILES string of the molecule is CC(C)(Sc1nc(-c2ccc(Cl)cc2)c(-c2ccc(Cl)cc2)n1-c1ccccc1)C(=O)O. The lowest BCUT2D eigenvalue weighted by Crippen LogP contribution is -2.27. The maximum Gasteiger partial charge on any atom is 0.319 e. The zero-order chi connectivity index (χ0) is 22.9. The summed E-state index contributed by atoms with van der Waals surface area (Å²) in [5.41, 5.74) is 4.25. The first-order valence-corrected chi connectivity index (χ1v) is 11.5. The van der Waals surface area contributed by atoms with E-state index in [1.165, 1.54) is 11.8 Å². The predicted octanol–water partition coefficient (Wildman–Crippen LogP) is 7.47. The van der Waals surface area contributed by atoms with E-state index in [1.54, 1.807) is 13.8 Å². The number of halogens is 2. The standard InChI is InChI=1S/C25H20Cl2N2O2S/c1-25(2,23(30)31)32-24-28-21(16-8-12-18(26)13-9-16)22(17-10-14-19(27)15-11-17)29(24)20-6-4-3-5-7-20/h3-15H,1-2H3,(H,30,31). The molecule has 0 aliphatic heterocycles. The highest BCUT2D eigenvalue weighted by atomic mass is 35.5. The summed E-state index contributed by atoms with van der Waals surface area (Å²) in [6, 6.07) is 24.8. The minimum atomic E-state index is -1.08. The van der Waals surface area contributed by atoms with E-state index in [4.69, 9.17) is 28.2 Å². The molecule has 1 N–H and O–H groups in total. The number of aliphatic carboxylic acids is 1. The van der Waals surface area contributed by atoms with Crippen LogP contribution in [0.25, 0.3) is 28.2 Å². The largest absolute Gasteiger partial charge is 0.480 e. The molecule has 0 fully saturated rings. The van der Waals surface area contributed by atoms with E-state index in [2.05, 4.69) is 0 Å². The van der Waals surface area contributed by atoms with Gasteiger partial charge in [0.2, 0.25) is 0 Å². The fraction of sp³-hybridized carbons (Fsp3) is 0.120. The lowest BCUT2D eigenvalue weighted by Gasteiger charge is -2.19. The van der Waals surface area contributed by atoms with Crippen LogP contribution in [0, 0.1) is 0 Å². The van der Waals surface area contributed by atoms with Crippen molar-refractivity contribution in [2.75, 3.05) is 0 Å². The zero-order valence-electron chi connectivity index (χ0n) is 17.4. The number of rotatable bonds is 6. The molecular weight excluding hydrogens is 463 g/mol. The van der Waals surface area contributed by atoms with Crippen molar-refractivity contribution in [3.8, 4) is 28.2 Å². The molecule has 4 rings (SSSR count). The van der Waals surface area contributed by atoms with Crippen LogP contribution in [-0.4, -0.2) is 25.4 Å². The van der Waals surface area contributed by atoms with Crippen molar-refractivity contribution in [3.05, 3.63) is 88.9 Å². The molecule has 4 nitrogen and oxygen atoms in total. The molecule has 3 aromatic carbocycles. The highest BCUT2D eigenvalue weighted by molar-refractivity contribution is 8.01. The molecule has 162 valence electrons. The van der Waals surface area contributed by atoms with Gasteiger partial charge in [0.15, 0.2) is 5.16 Å². The zero-order valence-corrected chi connectivity index (χ0v) is 19.7. The summed E-state index contributed by atoms with van der Waals surface area (Å²) >= 11 is 13.5. The lowest BCUT2D eigenvalue weighted by atomic mass is 10.0. The van der Waals surface area contributed by atoms with Gasteiger partial charge in [-0.15, -0.1) is 0 Å². The fourth-order valence-corrected chi connectivity index (χ4v) is 4.46. The molecule has 0 saturated carbocycles. The molecule has 0 saturated heterocycles. The van der Waals surface area contributed by atoms with Crippen molar-refractivity contribution >= 4 is 40.9 Å². The molecule has 0 bridgehead atoms. The Morgan fingerprint density at radius 2 is 1.41 bits per heavy atom. The first kappa shape index (κ1) is 22.5. The molecule has 1 heterocycles. The van der Waals surface area contributed by atoms with Crippen LogP contribution in [0.15, 0.2) is 84.0 Å². The molecule has 0 unspecified atom stereocenters. The third kappa shape index (κ3) is 4.56. The molecule has 7 heteroatoms. The van der Waals surface area contributed by atoms with E-state index < -0.39 is 10.7 Å². The van der Waals surface area contributed by atoms with Gasteiger partial charge in [0.05, 0.1) is 11.4 Å². The molecule has 32 heavy (non-hydrogen) atoms. The number of carboxylic acid groups (broad SMARTS) is 1. The summed E-state index contributed by atoms with van der Waals surface area (Å²) in [6.45, 7) is 3.35. The number of hydrogen-bond donors (Lipinski definition) is 1. The molecule has 1 aromatic heterocycles. The maximum absolute atomic E-state index is 11.9. The molecule has 0 radical (unpaired) electrons. The first-order chi connectivity index (χ1) is 15.3. The summed E-state index contributed by atoms with van der Waals surface area (Å²) in [7, 11) is 0. The molecule has 0 aliphatic carbocycles. The van der Waals surface area contributed by atoms with Gasteiger partial charge in [0.1, 0.15) is 4.75 Å². The third-order valence-corrected chi connectivity index (χ3v) is 6.60. The smallest absolute Gasteiger partial charge is 0.319 e. The molecule has 4 aromatic rings. The second-order valence-corrected chi connectivity index (χ2v) is 10.2. The Kier molecular flexibility index (Phi) is 6.33. The van der Waals surface area contributed by atoms with Crippen molar-refractivity contribution in [3.63, 3.8) is 0 Å². The Hall–Kier alpha value is -2.73. The summed E-state index contributed by atoms with van der Waals surface area (Å²) in [6.07, 6.45) is 0. The van der Waals surface area contributed by atoms with E-state index >= 15 is 0 Å². The van der Waals surface area contributed by atoms with Crippen molar-refractivity contribution in [2.45, 2.75) is 23.8 Å². The third-order valence-electron chi connectivity index (χ3n) is 4.96. The van der Waals surface area contributed by atoms with Crippen LogP contribution in [0.3, 0.4) is 0 Å². The van der Waals surface area contributed by atoms with Crippen LogP contribution >= 0.6 is 35.0 Å². The van der Waals surface area contributed by atoms with Crippen molar-refractivity contribution in [1.82, 2.24) is 9.55 Å². The molecule has 0 atom stereocenters. The van der Waals surface area contributed by atoms with E-state index in [0.29, 0.717) is 15.2 Å². The second kappa shape index (κ2) is 9.02. The second-order valence-electron chi connectivity index (χ2n) is 7.69. The van der Waals surface area contributed by atoms with E-state index in [1.807, 2.05) is 83.4 Å². The van der Waals surface area contributed by atoms with E-state index in [-0.39, 0.29) is 0 Å². The highest BCUT2D eigenvalue weighted by Crippen LogP contribution is 2.42. The Morgan fingerprint density at radius 1 is 0.875 bits per heavy atom. The number of carbonyl (C=O) groups is 1. The maximum atomic E-state index is 11.9. The van der Waals surface area contributed by atoms with Gasteiger partial charge in [0, 0.05) is 26.9 Å². The van der Waals surface area contributed by atoms with Gasteiger partial charge >= 0.3 is 5.97 Å². The Morgan fingerprint density at radius 3 is 1.94 bits per heavy atom. The average molecular weight is 483 g/mol. The van der Waals surface area contributed by atoms with Gasteiger partial charge in [-0.05, 0) is 50.2 Å². The number of carboxylic acids is 1. The number of thioether (sulfide) groups is 1. The van der Waals surface area contributed by atoms with Crippen LogP contribution in [0.1, 0.15) is 13.8 Å². The van der Waals surface area contributed by atoms with E-state index in [9.17, 15) is 9.90 Å². The molecular formula is C25H20Cl2N2O2S. The van der Waals surface area contributed by atoms with Crippen LogP contribution in [0.2, 0.25) is 10.0 Å². The van der Waals surface area contributed by atoms with Crippen LogP contribution in [0.4, 0.5) is 0 Å². The number of para-hydroxylation sites is 1. The summed E-state index contributed by atoms with van der Waals surface area (Å²) in [4.78, 5) is 16.8. The van der Waals surface area contributed by atoms with E-state index in [0.717, 1.165) is 28.2 Å². The first-order valence-electron chi connectivity index (χ1n) is 9.89. The number of imidazole rings is 1. The normalized spacial score (nSPS) is 11.5. The Balaban J connectivity index is 2.04. The number of benzene rings is 3. The van der Waals surface area contributed by atoms with Gasteiger partial charge in [-0.2, -0.15) is 0 Å². The lowest BCUT2D eigenvalue weighted by molar-refractivity contribution is -0.138. The van der Waals surface area contributed by atoms with Crippen molar-refractivity contribution in [1.29, 1.82) is 0 Å². The average Bonchev–Trinajstić information content (AvgIpc) is 3.13. The number of hydrogen-bond acceptors (Lipinski definition) is 3. The number of aromatic nitrogens is 2. The van der Waals surface area contributed by atoms with Gasteiger partial charge < -0.3 is 5.11 Å². The highest BCUT2D eigenvalue weighted by Gasteiger charge is 2.33. The predicted molar refractivity (Wildman–Crippen MR) is 132 cm³/mol. The summed E-state index contributed by atoms with van der Waals surface area (Å²) in [5, 5.41) is 11.6. The summed E-state index contributed by atoms with van der Waals surface area (Å²) in [5.74, 6) is -0.911. The minimum Gasteiger partial charge on any atom is -0.480 e. The molecule has 0 amide bonds. The van der Waals surface area contributed by atoms with Crippen LogP contribution in [-0.2, 0) is 4.79 Å². The van der Waals surface area contributed by atoms with Gasteiger partial charge in [-0.25, -0.2) is 4.98 Å². The van der Waals surface area contributed by atoms with Crippen molar-refractivity contribution in [2.24, 2.45) is 0 Å². The number of nitrogens with zero attached hydrogens (tertiary/aromatic N) is 2. The quantitative estimate of drug-likeness (QED) is 0.289. The molecule has 0 aliphatic rings. The van der Waals surface area contributed by atoms with Gasteiger partial charge in [-0.3, -0.25) is 9.36 Å². The van der Waals surface area contributed by atoms with Crippen molar-refractivity contribution < 1.29 is 9.90 Å². The fourth-order valence-electron chi connectivity index (χ4n) is 3.24. The van der Waals surface area contributed by atoms with Gasteiger partial charge in [-0.1, -0.05) is 77.4 Å². The topological polar surface area (TPSA) is 55.1 Å². The van der Waals surface area contributed by atoms with Crippen LogP contribution < -0.4 is 0 Å². The van der Waals surface area contributed by atoms with Gasteiger partial charge in [0.25, 0.3) is 0 Å². The monoisotopic (exact) mass is 482 g/mol. The summed E-state index contributed by atoms with van der Waals surface area (Å²) < 4.78 is 0.926. The molecule has 0 spiro atoms. The minimum absolute atomic E-state index is 0.582. The Bertz CT molecular complexity index is 1250. The van der Waals surface area contributed by atoms with Crippen LogP contribution in [0.5, 0.6) is 0 Å².